The number of quaternary nitrogens is 1. The lowest BCUT2D eigenvalue weighted by Crippen LogP contribution is -2.45. The van der Waals surface area contributed by atoms with Crippen LogP contribution in [0.4, 0.5) is 0 Å². The van der Waals surface area contributed by atoms with Crippen molar-refractivity contribution in [2.75, 3.05) is 40.9 Å². The van der Waals surface area contributed by atoms with Gasteiger partial charge in [0.2, 0.25) is 5.91 Å². The quantitative estimate of drug-likeness (QED) is 0.0243. The topological polar surface area (TPSA) is 105 Å². The number of unbranched alkanes of at least 4 members (excludes halogenated alkanes) is 30. The number of rotatable bonds is 51. The summed E-state index contributed by atoms with van der Waals surface area (Å²) < 4.78 is 23.6. The number of hydrogen-bond donors (Lipinski definition) is 3. The number of aliphatic hydroxyl groups excluding tert-OH is 1. The van der Waals surface area contributed by atoms with Crippen molar-refractivity contribution in [2.24, 2.45) is 0 Å². The minimum Gasteiger partial charge on any atom is -0.387 e. The molecule has 0 bridgehead atoms. The number of aliphatic hydroxyl groups is 1. The average Bonchev–Trinajstić information content (AvgIpc) is 3.29. The summed E-state index contributed by atoms with van der Waals surface area (Å²) in [5.74, 6) is -0.188. The second kappa shape index (κ2) is 49.2. The predicted octanol–water partition coefficient (Wildman–Crippen LogP) is 16.9. The third-order valence-electron chi connectivity index (χ3n) is 12.5. The number of phosphoric acid groups is 1. The molecule has 0 fully saturated rings. The summed E-state index contributed by atoms with van der Waals surface area (Å²) in [6, 6.07) is -0.862. The van der Waals surface area contributed by atoms with Crippen LogP contribution in [0.15, 0.2) is 60.8 Å². The number of carbonyl (C=O) groups is 1. The van der Waals surface area contributed by atoms with Crippen molar-refractivity contribution in [3.8, 4) is 0 Å². The zero-order valence-electron chi connectivity index (χ0n) is 44.6. The van der Waals surface area contributed by atoms with Gasteiger partial charge in [0.15, 0.2) is 0 Å². The Kier molecular flexibility index (Phi) is 47.9. The average molecular weight is 962 g/mol. The second-order valence-corrected chi connectivity index (χ2v) is 21.8. The van der Waals surface area contributed by atoms with Crippen LogP contribution in [0.3, 0.4) is 0 Å². The molecular weight excluding hydrogens is 852 g/mol. The molecule has 0 aromatic carbocycles. The van der Waals surface area contributed by atoms with Gasteiger partial charge in [-0.25, -0.2) is 4.57 Å². The summed E-state index contributed by atoms with van der Waals surface area (Å²) in [5, 5.41) is 13.8. The molecule has 8 nitrogen and oxygen atoms in total. The molecule has 1 amide bonds. The van der Waals surface area contributed by atoms with E-state index in [4.69, 9.17) is 9.05 Å². The predicted molar refractivity (Wildman–Crippen MR) is 290 cm³/mol. The first-order chi connectivity index (χ1) is 32.5. The van der Waals surface area contributed by atoms with E-state index >= 15 is 0 Å². The number of likely N-dealkylation sites (N-methyl/N-ethyl adjacent to an activating group) is 1. The van der Waals surface area contributed by atoms with E-state index in [-0.39, 0.29) is 19.1 Å². The molecule has 0 heterocycles. The Morgan fingerprint density at radius 1 is 0.507 bits per heavy atom. The highest BCUT2D eigenvalue weighted by atomic mass is 31.2. The van der Waals surface area contributed by atoms with Crippen LogP contribution >= 0.6 is 7.82 Å². The maximum atomic E-state index is 12.9. The molecule has 0 aromatic rings. The van der Waals surface area contributed by atoms with Crippen molar-refractivity contribution in [1.82, 2.24) is 5.32 Å². The number of phosphoric ester groups is 1. The Morgan fingerprint density at radius 3 is 1.31 bits per heavy atom. The summed E-state index contributed by atoms with van der Waals surface area (Å²) in [6.07, 6.45) is 66.4. The molecular formula is C58H110N2O6P+. The fraction of sp³-hybridized carbons (Fsp3) is 0.810. The maximum Gasteiger partial charge on any atom is 0.472 e. The van der Waals surface area contributed by atoms with Gasteiger partial charge in [-0.1, -0.05) is 235 Å². The van der Waals surface area contributed by atoms with Crippen LogP contribution in [0, 0.1) is 0 Å². The van der Waals surface area contributed by atoms with Crippen LogP contribution < -0.4 is 5.32 Å². The molecule has 0 radical (unpaired) electrons. The standard InChI is InChI=1S/C58H109N2O6P/c1-6-8-10-12-14-16-18-19-20-21-22-23-24-25-26-27-28-29-30-31-32-33-34-35-36-37-38-39-40-41-42-44-46-48-50-52-58(62)59-56(55-66-67(63,64)65-54-53-60(3,4)5)57(61)51-49-47-45-43-17-15-13-11-9-7-2/h17-19,21-22,24-25,43,49,51,56-57,61H,6-16,20,23,26-42,44-48,50,52-55H2,1-5H3,(H-,59,62,63,64)/p+1/b19-18-,22-21-,25-24-,43-17+,51-49+. The van der Waals surface area contributed by atoms with Crippen molar-refractivity contribution in [3.63, 3.8) is 0 Å². The molecule has 0 saturated carbocycles. The van der Waals surface area contributed by atoms with E-state index in [2.05, 4.69) is 67.8 Å². The van der Waals surface area contributed by atoms with Crippen molar-refractivity contribution >= 4 is 13.7 Å². The highest BCUT2D eigenvalue weighted by Crippen LogP contribution is 2.43. The molecule has 9 heteroatoms. The molecule has 3 N–H and O–H groups in total. The first-order valence-electron chi connectivity index (χ1n) is 28.2. The molecule has 0 aliphatic heterocycles. The molecule has 0 saturated heterocycles. The van der Waals surface area contributed by atoms with E-state index in [0.29, 0.717) is 17.4 Å². The monoisotopic (exact) mass is 962 g/mol. The number of hydrogen-bond acceptors (Lipinski definition) is 5. The fourth-order valence-corrected chi connectivity index (χ4v) is 8.74. The highest BCUT2D eigenvalue weighted by molar-refractivity contribution is 7.47. The molecule has 67 heavy (non-hydrogen) atoms. The van der Waals surface area contributed by atoms with Gasteiger partial charge in [0.25, 0.3) is 0 Å². The van der Waals surface area contributed by atoms with Crippen LogP contribution in [0.5, 0.6) is 0 Å². The number of nitrogens with one attached hydrogen (secondary N) is 1. The van der Waals surface area contributed by atoms with Crippen LogP contribution in [0.1, 0.15) is 251 Å². The molecule has 3 unspecified atom stereocenters. The van der Waals surface area contributed by atoms with Crippen molar-refractivity contribution < 1.29 is 32.9 Å². The SMILES string of the molecule is CCCCCC/C=C/CC/C=C/C(O)C(COP(=O)(O)OCC[N+](C)(C)C)NC(=O)CCCCCCCCCCCCCCCCCCCCCC/C=C\C/C=C\C/C=C\CCCCCCC. The van der Waals surface area contributed by atoms with E-state index in [9.17, 15) is 19.4 Å². The van der Waals surface area contributed by atoms with E-state index < -0.39 is 20.0 Å². The third-order valence-corrected chi connectivity index (χ3v) is 13.4. The number of carbonyl (C=O) groups excluding carboxylic acids is 1. The van der Waals surface area contributed by atoms with E-state index in [1.807, 2.05) is 27.2 Å². The number of amides is 1. The highest BCUT2D eigenvalue weighted by Gasteiger charge is 2.27. The fourth-order valence-electron chi connectivity index (χ4n) is 8.01. The van der Waals surface area contributed by atoms with Crippen molar-refractivity contribution in [3.05, 3.63) is 60.8 Å². The van der Waals surface area contributed by atoms with Crippen LogP contribution in [0.25, 0.3) is 0 Å². The van der Waals surface area contributed by atoms with E-state index in [0.717, 1.165) is 51.4 Å². The van der Waals surface area contributed by atoms with Gasteiger partial charge in [0.05, 0.1) is 39.9 Å². The zero-order valence-corrected chi connectivity index (χ0v) is 45.5. The Morgan fingerprint density at radius 2 is 0.866 bits per heavy atom. The largest absolute Gasteiger partial charge is 0.472 e. The maximum absolute atomic E-state index is 12.9. The normalized spacial score (nSPS) is 14.4. The van der Waals surface area contributed by atoms with E-state index in [1.54, 1.807) is 6.08 Å². The van der Waals surface area contributed by atoms with Gasteiger partial charge in [-0.05, 0) is 70.6 Å². The Hall–Kier alpha value is -1.80. The molecule has 0 aliphatic carbocycles. The molecule has 0 rings (SSSR count). The smallest absolute Gasteiger partial charge is 0.387 e. The molecule has 0 aliphatic rings. The van der Waals surface area contributed by atoms with Crippen molar-refractivity contribution in [1.29, 1.82) is 0 Å². The van der Waals surface area contributed by atoms with Crippen LogP contribution in [-0.2, 0) is 18.4 Å². The van der Waals surface area contributed by atoms with Gasteiger partial charge in [-0.2, -0.15) is 0 Å². The second-order valence-electron chi connectivity index (χ2n) is 20.3. The van der Waals surface area contributed by atoms with Crippen molar-refractivity contribution in [2.45, 2.75) is 264 Å². The lowest BCUT2D eigenvalue weighted by molar-refractivity contribution is -0.870. The minimum absolute atomic E-state index is 0.0556. The number of nitrogens with zero attached hydrogens (tertiary/aromatic N) is 1. The third kappa shape index (κ3) is 51.9. The summed E-state index contributed by atoms with van der Waals surface area (Å²) in [7, 11) is 1.55. The van der Waals surface area contributed by atoms with Gasteiger partial charge >= 0.3 is 7.82 Å². The molecule has 392 valence electrons. The minimum atomic E-state index is -4.35. The molecule has 0 spiro atoms. The summed E-state index contributed by atoms with van der Waals surface area (Å²) >= 11 is 0. The van der Waals surface area contributed by atoms with Gasteiger partial charge in [-0.3, -0.25) is 13.8 Å². The number of allylic oxidation sites excluding steroid dienone is 9. The first-order valence-corrected chi connectivity index (χ1v) is 29.7. The summed E-state index contributed by atoms with van der Waals surface area (Å²) in [4.78, 5) is 23.2. The van der Waals surface area contributed by atoms with Gasteiger partial charge in [0.1, 0.15) is 13.2 Å². The first kappa shape index (κ1) is 65.2. The molecule has 0 aromatic heterocycles. The van der Waals surface area contributed by atoms with Crippen LogP contribution in [-0.4, -0.2) is 73.4 Å². The Labute approximate surface area is 415 Å². The lowest BCUT2D eigenvalue weighted by atomic mass is 10.0. The lowest BCUT2D eigenvalue weighted by Gasteiger charge is -2.25. The summed E-state index contributed by atoms with van der Waals surface area (Å²) in [5.41, 5.74) is 0. The Balaban J connectivity index is 3.94. The zero-order chi connectivity index (χ0) is 49.2. The molecule has 3 atom stereocenters. The van der Waals surface area contributed by atoms with Gasteiger partial charge in [-0.15, -0.1) is 0 Å². The van der Waals surface area contributed by atoms with Gasteiger partial charge < -0.3 is 19.8 Å². The Bertz CT molecular complexity index is 1270. The summed E-state index contributed by atoms with van der Waals surface area (Å²) in [6.45, 7) is 4.75. The van der Waals surface area contributed by atoms with Crippen LogP contribution in [0.2, 0.25) is 0 Å². The van der Waals surface area contributed by atoms with E-state index in [1.165, 1.54) is 180 Å². The van der Waals surface area contributed by atoms with Gasteiger partial charge in [0, 0.05) is 6.42 Å².